The molecule has 1 aromatic heterocycles. The first-order chi connectivity index (χ1) is 8.74. The van der Waals surface area contributed by atoms with Crippen molar-refractivity contribution >= 4 is 11.8 Å². The monoisotopic (exact) mass is 249 g/mol. The summed E-state index contributed by atoms with van der Waals surface area (Å²) in [6, 6.07) is 0.857. The van der Waals surface area contributed by atoms with Crippen LogP contribution in [0.2, 0.25) is 0 Å². The SMILES string of the molecule is CC(C)Nc1cnnc(NC2CCCCCC2)n1. The zero-order valence-electron chi connectivity index (χ0n) is 11.3. The average Bonchev–Trinajstić information content (AvgIpc) is 2.57. The maximum atomic E-state index is 4.44. The molecule has 0 atom stereocenters. The van der Waals surface area contributed by atoms with Gasteiger partial charge in [0.15, 0.2) is 5.82 Å². The van der Waals surface area contributed by atoms with Crippen molar-refractivity contribution in [2.45, 2.75) is 64.5 Å². The van der Waals surface area contributed by atoms with E-state index in [1.54, 1.807) is 6.20 Å². The highest BCUT2D eigenvalue weighted by atomic mass is 15.3. The van der Waals surface area contributed by atoms with E-state index < -0.39 is 0 Å². The van der Waals surface area contributed by atoms with Crippen LogP contribution in [0.3, 0.4) is 0 Å². The minimum absolute atomic E-state index is 0.354. The first-order valence-corrected chi connectivity index (χ1v) is 6.97. The van der Waals surface area contributed by atoms with Gasteiger partial charge in [0.25, 0.3) is 0 Å². The summed E-state index contributed by atoms with van der Waals surface area (Å²) in [7, 11) is 0. The molecule has 100 valence electrons. The second-order valence-corrected chi connectivity index (χ2v) is 5.30. The Hall–Kier alpha value is -1.39. The Labute approximate surface area is 109 Å². The van der Waals surface area contributed by atoms with Crippen LogP contribution in [0.5, 0.6) is 0 Å². The molecule has 1 fully saturated rings. The Bertz CT molecular complexity index is 358. The van der Waals surface area contributed by atoms with Crippen molar-refractivity contribution in [3.05, 3.63) is 6.20 Å². The normalized spacial score (nSPS) is 17.5. The van der Waals surface area contributed by atoms with E-state index in [4.69, 9.17) is 0 Å². The fraction of sp³-hybridized carbons (Fsp3) is 0.769. The molecule has 0 aliphatic heterocycles. The maximum Gasteiger partial charge on any atom is 0.244 e. The fourth-order valence-corrected chi connectivity index (χ4v) is 2.34. The van der Waals surface area contributed by atoms with Crippen molar-refractivity contribution in [1.82, 2.24) is 15.2 Å². The molecular formula is C13H23N5. The number of aromatic nitrogens is 3. The Morgan fingerprint density at radius 3 is 2.56 bits per heavy atom. The summed E-state index contributed by atoms with van der Waals surface area (Å²) in [6.07, 6.45) is 9.40. The van der Waals surface area contributed by atoms with Gasteiger partial charge in [-0.3, -0.25) is 0 Å². The molecule has 18 heavy (non-hydrogen) atoms. The first-order valence-electron chi connectivity index (χ1n) is 6.97. The van der Waals surface area contributed by atoms with Crippen LogP contribution in [0.25, 0.3) is 0 Å². The summed E-state index contributed by atoms with van der Waals surface area (Å²) in [5, 5.41) is 14.7. The summed E-state index contributed by atoms with van der Waals surface area (Å²) in [6.45, 7) is 4.17. The summed E-state index contributed by atoms with van der Waals surface area (Å²) in [5.41, 5.74) is 0. The molecule has 0 bridgehead atoms. The van der Waals surface area contributed by atoms with Gasteiger partial charge in [-0.05, 0) is 26.7 Å². The third kappa shape index (κ3) is 4.13. The third-order valence-corrected chi connectivity index (χ3v) is 3.18. The van der Waals surface area contributed by atoms with Gasteiger partial charge in [-0.1, -0.05) is 25.7 Å². The molecule has 0 unspecified atom stereocenters. The van der Waals surface area contributed by atoms with Crippen LogP contribution >= 0.6 is 0 Å². The Morgan fingerprint density at radius 2 is 1.89 bits per heavy atom. The summed E-state index contributed by atoms with van der Waals surface area (Å²) in [5.74, 6) is 1.43. The van der Waals surface area contributed by atoms with E-state index >= 15 is 0 Å². The van der Waals surface area contributed by atoms with Crippen molar-refractivity contribution in [2.24, 2.45) is 0 Å². The quantitative estimate of drug-likeness (QED) is 0.803. The molecule has 1 heterocycles. The van der Waals surface area contributed by atoms with Gasteiger partial charge in [-0.15, -0.1) is 5.10 Å². The second kappa shape index (κ2) is 6.52. The van der Waals surface area contributed by atoms with E-state index in [9.17, 15) is 0 Å². The van der Waals surface area contributed by atoms with Crippen LogP contribution < -0.4 is 10.6 Å². The van der Waals surface area contributed by atoms with Gasteiger partial charge in [-0.25, -0.2) is 0 Å². The number of hydrogen-bond donors (Lipinski definition) is 2. The highest BCUT2D eigenvalue weighted by molar-refractivity contribution is 5.37. The molecular weight excluding hydrogens is 226 g/mol. The van der Waals surface area contributed by atoms with E-state index in [1.165, 1.54) is 38.5 Å². The Kier molecular flexibility index (Phi) is 4.73. The van der Waals surface area contributed by atoms with Gasteiger partial charge >= 0.3 is 0 Å². The molecule has 0 spiro atoms. The lowest BCUT2D eigenvalue weighted by molar-refractivity contribution is 0.613. The average molecular weight is 249 g/mol. The van der Waals surface area contributed by atoms with Crippen molar-refractivity contribution in [2.75, 3.05) is 10.6 Å². The van der Waals surface area contributed by atoms with Crippen molar-refractivity contribution in [1.29, 1.82) is 0 Å². The lowest BCUT2D eigenvalue weighted by atomic mass is 10.1. The van der Waals surface area contributed by atoms with Crippen LogP contribution in [0.15, 0.2) is 6.20 Å². The number of rotatable bonds is 4. The Balaban J connectivity index is 1.95. The van der Waals surface area contributed by atoms with E-state index in [0.717, 1.165) is 5.82 Å². The minimum atomic E-state index is 0.354. The topological polar surface area (TPSA) is 62.7 Å². The van der Waals surface area contributed by atoms with Gasteiger partial charge in [-0.2, -0.15) is 10.1 Å². The van der Waals surface area contributed by atoms with E-state index in [1.807, 2.05) is 0 Å². The molecule has 1 aliphatic rings. The number of nitrogens with zero attached hydrogens (tertiary/aromatic N) is 3. The summed E-state index contributed by atoms with van der Waals surface area (Å²) < 4.78 is 0. The van der Waals surface area contributed by atoms with Crippen molar-refractivity contribution in [3.8, 4) is 0 Å². The van der Waals surface area contributed by atoms with Crippen LogP contribution in [0, 0.1) is 0 Å². The molecule has 0 saturated heterocycles. The molecule has 1 aliphatic carbocycles. The van der Waals surface area contributed by atoms with Crippen LogP contribution in [0.1, 0.15) is 52.4 Å². The summed E-state index contributed by atoms with van der Waals surface area (Å²) >= 11 is 0. The molecule has 0 radical (unpaired) electrons. The molecule has 0 aromatic carbocycles. The minimum Gasteiger partial charge on any atom is -0.366 e. The number of nitrogens with one attached hydrogen (secondary N) is 2. The fourth-order valence-electron chi connectivity index (χ4n) is 2.34. The highest BCUT2D eigenvalue weighted by Gasteiger charge is 2.13. The zero-order valence-corrected chi connectivity index (χ0v) is 11.3. The smallest absolute Gasteiger partial charge is 0.244 e. The third-order valence-electron chi connectivity index (χ3n) is 3.18. The highest BCUT2D eigenvalue weighted by Crippen LogP contribution is 2.19. The van der Waals surface area contributed by atoms with Gasteiger partial charge in [0, 0.05) is 12.1 Å². The zero-order chi connectivity index (χ0) is 12.8. The standard InChI is InChI=1S/C13H23N5/c1-10(2)15-12-9-14-18-13(17-12)16-11-7-5-3-4-6-8-11/h9-11H,3-8H2,1-2H3,(H2,15,16,17,18). The molecule has 1 saturated carbocycles. The second-order valence-electron chi connectivity index (χ2n) is 5.30. The summed E-state index contributed by atoms with van der Waals surface area (Å²) in [4.78, 5) is 4.44. The molecule has 2 rings (SSSR count). The molecule has 2 N–H and O–H groups in total. The van der Waals surface area contributed by atoms with Crippen LogP contribution in [-0.2, 0) is 0 Å². The number of hydrogen-bond acceptors (Lipinski definition) is 5. The largest absolute Gasteiger partial charge is 0.366 e. The first kappa shape index (κ1) is 13.1. The van der Waals surface area contributed by atoms with Gasteiger partial charge < -0.3 is 10.6 Å². The van der Waals surface area contributed by atoms with Crippen LogP contribution in [-0.4, -0.2) is 27.3 Å². The predicted octanol–water partition coefficient (Wildman–Crippen LogP) is 2.83. The van der Waals surface area contributed by atoms with Crippen molar-refractivity contribution in [3.63, 3.8) is 0 Å². The lowest BCUT2D eigenvalue weighted by Crippen LogP contribution is -2.21. The van der Waals surface area contributed by atoms with E-state index in [0.29, 0.717) is 18.0 Å². The van der Waals surface area contributed by atoms with E-state index in [-0.39, 0.29) is 0 Å². The maximum absolute atomic E-state index is 4.44. The van der Waals surface area contributed by atoms with Crippen molar-refractivity contribution < 1.29 is 0 Å². The molecule has 5 heteroatoms. The Morgan fingerprint density at radius 1 is 1.17 bits per heavy atom. The lowest BCUT2D eigenvalue weighted by Gasteiger charge is -2.16. The van der Waals surface area contributed by atoms with Gasteiger partial charge in [0.2, 0.25) is 5.95 Å². The molecule has 1 aromatic rings. The van der Waals surface area contributed by atoms with Gasteiger partial charge in [0.05, 0.1) is 6.20 Å². The predicted molar refractivity (Wildman–Crippen MR) is 73.7 cm³/mol. The number of anilines is 2. The molecule has 5 nitrogen and oxygen atoms in total. The van der Waals surface area contributed by atoms with Crippen LogP contribution in [0.4, 0.5) is 11.8 Å². The van der Waals surface area contributed by atoms with Gasteiger partial charge in [0.1, 0.15) is 0 Å². The molecule has 0 amide bonds. The van der Waals surface area contributed by atoms with E-state index in [2.05, 4.69) is 39.7 Å².